The molecule has 2 aromatic rings. The van der Waals surface area contributed by atoms with Crippen molar-refractivity contribution in [3.05, 3.63) is 48.5 Å². The Labute approximate surface area is 107 Å². The molecule has 4 nitrogen and oxygen atoms in total. The van der Waals surface area contributed by atoms with Crippen LogP contribution in [-0.4, -0.2) is 16.2 Å². The summed E-state index contributed by atoms with van der Waals surface area (Å²) in [5.41, 5.74) is 6.93. The standard InChI is InChI=1S/C14H19N3O/c1-12(15)14-10-16-11-17(14)8-5-9-18-13-6-3-2-4-7-13/h2-4,6-7,10-12H,5,8-9,15H2,1H3/t12-/m1/s1. The summed E-state index contributed by atoms with van der Waals surface area (Å²) in [6.45, 7) is 3.54. The van der Waals surface area contributed by atoms with Crippen LogP contribution in [0.15, 0.2) is 42.9 Å². The topological polar surface area (TPSA) is 53.1 Å². The highest BCUT2D eigenvalue weighted by Crippen LogP contribution is 2.11. The molecule has 0 spiro atoms. The summed E-state index contributed by atoms with van der Waals surface area (Å²) < 4.78 is 7.72. The molecule has 0 saturated carbocycles. The Bertz CT molecular complexity index is 465. The van der Waals surface area contributed by atoms with Gasteiger partial charge in [0.25, 0.3) is 0 Å². The molecule has 0 bridgehead atoms. The van der Waals surface area contributed by atoms with Gasteiger partial charge in [0.1, 0.15) is 5.75 Å². The molecule has 1 atom stereocenters. The van der Waals surface area contributed by atoms with Gasteiger partial charge in [-0.1, -0.05) is 18.2 Å². The number of nitrogens with two attached hydrogens (primary N) is 1. The van der Waals surface area contributed by atoms with E-state index < -0.39 is 0 Å². The summed E-state index contributed by atoms with van der Waals surface area (Å²) in [6, 6.07) is 9.86. The highest BCUT2D eigenvalue weighted by molar-refractivity contribution is 5.20. The minimum atomic E-state index is 0.0162. The fourth-order valence-corrected chi connectivity index (χ4v) is 1.84. The van der Waals surface area contributed by atoms with Crippen LogP contribution in [0.2, 0.25) is 0 Å². The van der Waals surface area contributed by atoms with Crippen molar-refractivity contribution in [2.24, 2.45) is 5.73 Å². The average Bonchev–Trinajstić information content (AvgIpc) is 2.84. The lowest BCUT2D eigenvalue weighted by atomic mass is 10.2. The molecule has 2 rings (SSSR count). The first-order valence-electron chi connectivity index (χ1n) is 6.21. The van der Waals surface area contributed by atoms with Crippen molar-refractivity contribution in [2.45, 2.75) is 25.9 Å². The highest BCUT2D eigenvalue weighted by Gasteiger charge is 2.05. The molecule has 0 unspecified atom stereocenters. The zero-order valence-electron chi connectivity index (χ0n) is 10.6. The molecule has 1 aromatic heterocycles. The molecule has 4 heteroatoms. The van der Waals surface area contributed by atoms with Gasteiger partial charge < -0.3 is 15.0 Å². The molecule has 0 fully saturated rings. The summed E-state index contributed by atoms with van der Waals surface area (Å²) in [4.78, 5) is 4.12. The molecule has 0 radical (unpaired) electrons. The Hall–Kier alpha value is -1.81. The average molecular weight is 245 g/mol. The van der Waals surface area contributed by atoms with E-state index in [1.54, 1.807) is 0 Å². The monoisotopic (exact) mass is 245 g/mol. The second kappa shape index (κ2) is 6.21. The van der Waals surface area contributed by atoms with Crippen LogP contribution < -0.4 is 10.5 Å². The predicted octanol–water partition coefficient (Wildman–Crippen LogP) is 2.37. The number of rotatable bonds is 6. The zero-order chi connectivity index (χ0) is 12.8. The lowest BCUT2D eigenvalue weighted by Gasteiger charge is -2.11. The van der Waals surface area contributed by atoms with Crippen LogP contribution in [0.1, 0.15) is 25.1 Å². The molecular formula is C14H19N3O. The summed E-state index contributed by atoms with van der Waals surface area (Å²) >= 11 is 0. The van der Waals surface area contributed by atoms with E-state index in [4.69, 9.17) is 10.5 Å². The summed E-state index contributed by atoms with van der Waals surface area (Å²) in [7, 11) is 0. The maximum absolute atomic E-state index is 5.86. The molecule has 0 amide bonds. The highest BCUT2D eigenvalue weighted by atomic mass is 16.5. The van der Waals surface area contributed by atoms with Gasteiger partial charge in [-0.3, -0.25) is 0 Å². The molecule has 0 aliphatic heterocycles. The van der Waals surface area contributed by atoms with E-state index in [1.165, 1.54) is 0 Å². The number of nitrogens with zero attached hydrogens (tertiary/aromatic N) is 2. The number of para-hydroxylation sites is 1. The molecule has 0 aliphatic rings. The van der Waals surface area contributed by atoms with E-state index in [1.807, 2.05) is 49.8 Å². The summed E-state index contributed by atoms with van der Waals surface area (Å²) in [6.07, 6.45) is 4.58. The van der Waals surface area contributed by atoms with Crippen LogP contribution in [-0.2, 0) is 6.54 Å². The molecule has 18 heavy (non-hydrogen) atoms. The third kappa shape index (κ3) is 3.34. The Kier molecular flexibility index (Phi) is 4.36. The van der Waals surface area contributed by atoms with Crippen molar-refractivity contribution in [1.29, 1.82) is 0 Å². The molecule has 1 aromatic carbocycles. The van der Waals surface area contributed by atoms with Crippen LogP contribution in [0.4, 0.5) is 0 Å². The van der Waals surface area contributed by atoms with Gasteiger partial charge >= 0.3 is 0 Å². The van der Waals surface area contributed by atoms with Gasteiger partial charge in [-0.05, 0) is 25.5 Å². The lowest BCUT2D eigenvalue weighted by molar-refractivity contribution is 0.300. The molecule has 0 saturated heterocycles. The quantitative estimate of drug-likeness (QED) is 0.795. The van der Waals surface area contributed by atoms with E-state index >= 15 is 0 Å². The van der Waals surface area contributed by atoms with E-state index in [-0.39, 0.29) is 6.04 Å². The van der Waals surface area contributed by atoms with Crippen molar-refractivity contribution in [3.63, 3.8) is 0 Å². The fraction of sp³-hybridized carbons (Fsp3) is 0.357. The first kappa shape index (κ1) is 12.6. The van der Waals surface area contributed by atoms with Crippen LogP contribution in [0.3, 0.4) is 0 Å². The van der Waals surface area contributed by atoms with E-state index in [0.29, 0.717) is 6.61 Å². The van der Waals surface area contributed by atoms with Crippen molar-refractivity contribution in [3.8, 4) is 5.75 Å². The number of hydrogen-bond acceptors (Lipinski definition) is 3. The van der Waals surface area contributed by atoms with Gasteiger partial charge in [0.2, 0.25) is 0 Å². The second-order valence-corrected chi connectivity index (χ2v) is 4.32. The second-order valence-electron chi connectivity index (χ2n) is 4.32. The van der Waals surface area contributed by atoms with E-state index in [0.717, 1.165) is 24.4 Å². The third-order valence-corrected chi connectivity index (χ3v) is 2.77. The number of hydrogen-bond donors (Lipinski definition) is 1. The zero-order valence-corrected chi connectivity index (χ0v) is 10.6. The first-order chi connectivity index (χ1) is 8.77. The minimum absolute atomic E-state index is 0.0162. The van der Waals surface area contributed by atoms with Crippen molar-refractivity contribution in [1.82, 2.24) is 9.55 Å². The molecule has 2 N–H and O–H groups in total. The molecule has 0 aliphatic carbocycles. The maximum atomic E-state index is 5.86. The summed E-state index contributed by atoms with van der Waals surface area (Å²) in [5, 5.41) is 0. The van der Waals surface area contributed by atoms with E-state index in [2.05, 4.69) is 9.55 Å². The van der Waals surface area contributed by atoms with Gasteiger partial charge in [-0.25, -0.2) is 4.98 Å². The number of ether oxygens (including phenoxy) is 1. The van der Waals surface area contributed by atoms with Gasteiger partial charge in [-0.2, -0.15) is 0 Å². The predicted molar refractivity (Wildman–Crippen MR) is 71.4 cm³/mol. The summed E-state index contributed by atoms with van der Waals surface area (Å²) in [5.74, 6) is 0.913. The Balaban J connectivity index is 1.77. The minimum Gasteiger partial charge on any atom is -0.494 e. The normalized spacial score (nSPS) is 12.3. The van der Waals surface area contributed by atoms with Crippen LogP contribution in [0, 0.1) is 0 Å². The largest absolute Gasteiger partial charge is 0.494 e. The number of aryl methyl sites for hydroxylation is 1. The Morgan fingerprint density at radius 1 is 1.33 bits per heavy atom. The fourth-order valence-electron chi connectivity index (χ4n) is 1.84. The SMILES string of the molecule is C[C@@H](N)c1cncn1CCCOc1ccccc1. The van der Waals surface area contributed by atoms with Crippen LogP contribution in [0.5, 0.6) is 5.75 Å². The Morgan fingerprint density at radius 2 is 2.11 bits per heavy atom. The maximum Gasteiger partial charge on any atom is 0.119 e. The number of imidazole rings is 1. The number of benzene rings is 1. The molecule has 1 heterocycles. The lowest BCUT2D eigenvalue weighted by Crippen LogP contribution is -2.13. The van der Waals surface area contributed by atoms with Gasteiger partial charge in [0.15, 0.2) is 0 Å². The van der Waals surface area contributed by atoms with Crippen molar-refractivity contribution >= 4 is 0 Å². The first-order valence-corrected chi connectivity index (χ1v) is 6.21. The van der Waals surface area contributed by atoms with Gasteiger partial charge in [-0.15, -0.1) is 0 Å². The Morgan fingerprint density at radius 3 is 2.83 bits per heavy atom. The van der Waals surface area contributed by atoms with Gasteiger partial charge in [0.05, 0.1) is 18.6 Å². The van der Waals surface area contributed by atoms with Crippen molar-refractivity contribution < 1.29 is 4.74 Å². The van der Waals surface area contributed by atoms with Crippen LogP contribution >= 0.6 is 0 Å². The number of aromatic nitrogens is 2. The molecular weight excluding hydrogens is 226 g/mol. The smallest absolute Gasteiger partial charge is 0.119 e. The van der Waals surface area contributed by atoms with E-state index in [9.17, 15) is 0 Å². The molecule has 96 valence electrons. The van der Waals surface area contributed by atoms with Crippen molar-refractivity contribution in [2.75, 3.05) is 6.61 Å². The van der Waals surface area contributed by atoms with Gasteiger partial charge in [0, 0.05) is 18.8 Å². The van der Waals surface area contributed by atoms with Crippen LogP contribution in [0.25, 0.3) is 0 Å². The third-order valence-electron chi connectivity index (χ3n) is 2.77.